The first kappa shape index (κ1) is 26.2. The van der Waals surface area contributed by atoms with Crippen molar-refractivity contribution in [1.29, 1.82) is 0 Å². The lowest BCUT2D eigenvalue weighted by atomic mass is 9.74. The number of benzene rings is 2. The second kappa shape index (κ2) is 12.9. The molecule has 2 aromatic carbocycles. The van der Waals surface area contributed by atoms with E-state index in [1.165, 1.54) is 18.2 Å². The van der Waals surface area contributed by atoms with Gasteiger partial charge in [-0.2, -0.15) is 8.78 Å². The van der Waals surface area contributed by atoms with Crippen LogP contribution in [0.5, 0.6) is 5.75 Å². The molecule has 1 aliphatic rings. The Morgan fingerprint density at radius 3 is 2.44 bits per heavy atom. The summed E-state index contributed by atoms with van der Waals surface area (Å²) in [6.07, 6.45) is 1.60. The Balaban J connectivity index is 0.00000363. The molecule has 1 fully saturated rings. The molecule has 1 aliphatic heterocycles. The maximum atomic E-state index is 13.4. The first-order valence-electron chi connectivity index (χ1n) is 10.4. The van der Waals surface area contributed by atoms with Gasteiger partial charge in [0.15, 0.2) is 5.96 Å². The zero-order chi connectivity index (χ0) is 22.1. The Bertz CT molecular complexity index is 860. The van der Waals surface area contributed by atoms with Crippen molar-refractivity contribution in [2.24, 2.45) is 4.99 Å². The molecular formula is C23H29F3IN3O2. The topological polar surface area (TPSA) is 54.9 Å². The molecule has 0 saturated carbocycles. The molecule has 2 N–H and O–H groups in total. The van der Waals surface area contributed by atoms with E-state index >= 15 is 0 Å². The predicted molar refractivity (Wildman–Crippen MR) is 129 cm³/mol. The molecule has 5 nitrogen and oxygen atoms in total. The van der Waals surface area contributed by atoms with Gasteiger partial charge >= 0.3 is 6.61 Å². The minimum atomic E-state index is -2.89. The molecule has 0 unspecified atom stereocenters. The molecule has 0 spiro atoms. The van der Waals surface area contributed by atoms with Crippen molar-refractivity contribution in [3.8, 4) is 5.75 Å². The summed E-state index contributed by atoms with van der Waals surface area (Å²) in [6.45, 7) is 1.74. The third kappa shape index (κ3) is 7.26. The molecule has 0 radical (unpaired) electrons. The number of aliphatic imine (C=N–C) groups is 1. The predicted octanol–water partition coefficient (Wildman–Crippen LogP) is 4.85. The van der Waals surface area contributed by atoms with E-state index in [-0.39, 0.29) is 47.5 Å². The van der Waals surface area contributed by atoms with Gasteiger partial charge in [-0.1, -0.05) is 30.3 Å². The summed E-state index contributed by atoms with van der Waals surface area (Å²) in [7, 11) is 0. The van der Waals surface area contributed by atoms with Crippen molar-refractivity contribution in [1.82, 2.24) is 10.6 Å². The molecule has 1 saturated heterocycles. The van der Waals surface area contributed by atoms with Crippen LogP contribution in [0, 0.1) is 5.82 Å². The van der Waals surface area contributed by atoms with Crippen LogP contribution in [0.4, 0.5) is 13.2 Å². The van der Waals surface area contributed by atoms with E-state index in [2.05, 4.69) is 20.4 Å². The monoisotopic (exact) mass is 563 g/mol. The van der Waals surface area contributed by atoms with Crippen LogP contribution < -0.4 is 15.4 Å². The van der Waals surface area contributed by atoms with Crippen molar-refractivity contribution in [3.63, 3.8) is 0 Å². The lowest BCUT2D eigenvalue weighted by molar-refractivity contribution is -0.0504. The van der Waals surface area contributed by atoms with Gasteiger partial charge in [-0.25, -0.2) is 9.38 Å². The van der Waals surface area contributed by atoms with Crippen LogP contribution in [0.2, 0.25) is 0 Å². The maximum absolute atomic E-state index is 13.4. The van der Waals surface area contributed by atoms with Gasteiger partial charge in [0.2, 0.25) is 0 Å². The zero-order valence-corrected chi connectivity index (χ0v) is 20.3. The summed E-state index contributed by atoms with van der Waals surface area (Å²) in [4.78, 5) is 4.55. The van der Waals surface area contributed by atoms with E-state index in [1.54, 1.807) is 18.2 Å². The molecular weight excluding hydrogens is 534 g/mol. The Kier molecular flexibility index (Phi) is 10.6. The maximum Gasteiger partial charge on any atom is 0.387 e. The standard InChI is InChI=1S/C23H28F3N3O2.HI/c1-2-27-22(28-15-17-5-3-4-6-20(17)31-21(25)26)29-16-23(11-13-30-14-12-23)18-7-9-19(24)10-8-18;/h3-10,21H,2,11-16H2,1H3,(H2,27,28,29);1H. The number of nitrogens with zero attached hydrogens (tertiary/aromatic N) is 1. The minimum Gasteiger partial charge on any atom is -0.434 e. The van der Waals surface area contributed by atoms with Crippen LogP contribution in [0.3, 0.4) is 0 Å². The highest BCUT2D eigenvalue weighted by atomic mass is 127. The number of alkyl halides is 2. The average molecular weight is 563 g/mol. The van der Waals surface area contributed by atoms with Gasteiger partial charge < -0.3 is 20.1 Å². The van der Waals surface area contributed by atoms with Gasteiger partial charge in [0.25, 0.3) is 0 Å². The number of hydrogen-bond donors (Lipinski definition) is 2. The number of nitrogens with one attached hydrogen (secondary N) is 2. The SMILES string of the molecule is CCNC(=NCc1ccccc1OC(F)F)NCC1(c2ccc(F)cc2)CCOCC1.I. The molecule has 2 aromatic rings. The second-order valence-corrected chi connectivity index (χ2v) is 7.43. The largest absolute Gasteiger partial charge is 0.434 e. The molecule has 32 heavy (non-hydrogen) atoms. The van der Waals surface area contributed by atoms with Crippen molar-refractivity contribution in [3.05, 3.63) is 65.5 Å². The minimum absolute atomic E-state index is 0. The zero-order valence-electron chi connectivity index (χ0n) is 18.0. The number of guanidine groups is 1. The third-order valence-electron chi connectivity index (χ3n) is 5.44. The van der Waals surface area contributed by atoms with Crippen molar-refractivity contribution in [2.45, 2.75) is 38.3 Å². The Labute approximate surface area is 203 Å². The number of ether oxygens (including phenoxy) is 2. The number of rotatable bonds is 8. The van der Waals surface area contributed by atoms with Gasteiger partial charge in [-0.05, 0) is 43.5 Å². The Morgan fingerprint density at radius 2 is 1.78 bits per heavy atom. The lowest BCUT2D eigenvalue weighted by Gasteiger charge is -2.38. The van der Waals surface area contributed by atoms with E-state index in [9.17, 15) is 13.2 Å². The van der Waals surface area contributed by atoms with Crippen molar-refractivity contribution < 1.29 is 22.6 Å². The van der Waals surface area contributed by atoms with Crippen LogP contribution in [-0.2, 0) is 16.7 Å². The number of hydrogen-bond acceptors (Lipinski definition) is 3. The van der Waals surface area contributed by atoms with E-state index in [0.717, 1.165) is 18.4 Å². The summed E-state index contributed by atoms with van der Waals surface area (Å²) >= 11 is 0. The highest BCUT2D eigenvalue weighted by Crippen LogP contribution is 2.34. The summed E-state index contributed by atoms with van der Waals surface area (Å²) < 4.78 is 48.9. The molecule has 176 valence electrons. The first-order chi connectivity index (χ1) is 15.0. The summed E-state index contributed by atoms with van der Waals surface area (Å²) in [5.41, 5.74) is 1.41. The van der Waals surface area contributed by atoms with Crippen molar-refractivity contribution >= 4 is 29.9 Å². The van der Waals surface area contributed by atoms with Gasteiger partial charge in [0.1, 0.15) is 11.6 Å². The molecule has 3 rings (SSSR count). The van der Waals surface area contributed by atoms with E-state index < -0.39 is 6.61 Å². The fourth-order valence-corrected chi connectivity index (χ4v) is 3.74. The molecule has 1 heterocycles. The second-order valence-electron chi connectivity index (χ2n) is 7.43. The van der Waals surface area contributed by atoms with Crippen LogP contribution in [-0.4, -0.2) is 38.9 Å². The quantitative estimate of drug-likeness (QED) is 0.274. The molecule has 0 bridgehead atoms. The lowest BCUT2D eigenvalue weighted by Crippen LogP contribution is -2.48. The van der Waals surface area contributed by atoms with Gasteiger partial charge in [-0.15, -0.1) is 24.0 Å². The highest BCUT2D eigenvalue weighted by Gasteiger charge is 2.34. The van der Waals surface area contributed by atoms with Gasteiger partial charge in [-0.3, -0.25) is 0 Å². The normalized spacial score (nSPS) is 15.7. The third-order valence-corrected chi connectivity index (χ3v) is 5.44. The number of para-hydroxylation sites is 1. The summed E-state index contributed by atoms with van der Waals surface area (Å²) in [5, 5.41) is 6.56. The van der Waals surface area contributed by atoms with Crippen LogP contribution >= 0.6 is 24.0 Å². The van der Waals surface area contributed by atoms with E-state index in [1.807, 2.05) is 19.1 Å². The summed E-state index contributed by atoms with van der Waals surface area (Å²) in [6, 6.07) is 13.2. The smallest absolute Gasteiger partial charge is 0.387 e. The first-order valence-corrected chi connectivity index (χ1v) is 10.4. The van der Waals surface area contributed by atoms with Crippen LogP contribution in [0.25, 0.3) is 0 Å². The molecule has 9 heteroatoms. The highest BCUT2D eigenvalue weighted by molar-refractivity contribution is 14.0. The van der Waals surface area contributed by atoms with Crippen LogP contribution in [0.15, 0.2) is 53.5 Å². The Morgan fingerprint density at radius 1 is 1.09 bits per heavy atom. The molecule has 0 aliphatic carbocycles. The molecule has 0 aromatic heterocycles. The van der Waals surface area contributed by atoms with E-state index in [0.29, 0.717) is 37.8 Å². The Hall–Kier alpha value is -2.01. The van der Waals surface area contributed by atoms with Gasteiger partial charge in [0.05, 0.1) is 6.54 Å². The fourth-order valence-electron chi connectivity index (χ4n) is 3.74. The fraction of sp³-hybridized carbons (Fsp3) is 0.435. The molecule has 0 atom stereocenters. The van der Waals surface area contributed by atoms with Crippen molar-refractivity contribution in [2.75, 3.05) is 26.3 Å². The van der Waals surface area contributed by atoms with Crippen LogP contribution in [0.1, 0.15) is 30.9 Å². The average Bonchev–Trinajstić information content (AvgIpc) is 2.77. The summed E-state index contributed by atoms with van der Waals surface area (Å²) in [5.74, 6) is 0.421. The number of halogens is 4. The van der Waals surface area contributed by atoms with E-state index in [4.69, 9.17) is 4.74 Å². The molecule has 0 amide bonds. The van der Waals surface area contributed by atoms with Gasteiger partial charge in [0, 0.05) is 37.3 Å².